The normalized spacial score (nSPS) is 11.1. The SMILES string of the molecule is C=C.C=C(C)CCCCC(=O)O.CC.CC.CCCCCC/C=C/C1CCCC1.CO.CO. The Morgan fingerprint density at radius 1 is 0.848 bits per heavy atom. The number of aliphatic hydroxyl groups excluding tert-OH is 2. The number of hydrogen-bond donors (Lipinski definition) is 3. The highest BCUT2D eigenvalue weighted by Gasteiger charge is 2.10. The van der Waals surface area contributed by atoms with Gasteiger partial charge < -0.3 is 15.3 Å². The standard InChI is InChI=1S/C13H24.C8H14O2.2C2H6.C2H4.2CH4O/c1-2-3-4-5-6-7-10-13-11-8-9-12-13;1-7(2)5-3-4-6-8(9)10;5*1-2/h7,10,13H,2-6,8-9,11-12H2,1H3;1,3-6H2,2H3,(H,9,10);2*1-2H3;1-2H2;2*2H,1H3/b10-7+;;;;;;. The second kappa shape index (κ2) is 52.5. The summed E-state index contributed by atoms with van der Waals surface area (Å²) in [5, 5.41) is 22.3. The maximum Gasteiger partial charge on any atom is 0.303 e. The number of aliphatic hydroxyl groups is 2. The smallest absolute Gasteiger partial charge is 0.303 e. The highest BCUT2D eigenvalue weighted by Crippen LogP contribution is 2.25. The van der Waals surface area contributed by atoms with Crippen LogP contribution in [0.2, 0.25) is 0 Å². The number of carboxylic acid groups (broad SMARTS) is 1. The van der Waals surface area contributed by atoms with E-state index in [1.165, 1.54) is 57.8 Å². The first-order valence-electron chi connectivity index (χ1n) is 13.0. The molecule has 0 bridgehead atoms. The van der Waals surface area contributed by atoms with E-state index in [1.54, 1.807) is 0 Å². The van der Waals surface area contributed by atoms with Gasteiger partial charge in [0.1, 0.15) is 0 Å². The number of hydrogen-bond acceptors (Lipinski definition) is 3. The van der Waals surface area contributed by atoms with Gasteiger partial charge in [-0.2, -0.15) is 0 Å². The van der Waals surface area contributed by atoms with E-state index in [4.69, 9.17) is 15.3 Å². The number of aliphatic carboxylic acids is 1. The number of allylic oxidation sites excluding steroid dienone is 3. The van der Waals surface area contributed by atoms with Crippen molar-refractivity contribution in [1.82, 2.24) is 0 Å². The summed E-state index contributed by atoms with van der Waals surface area (Å²) in [7, 11) is 2.00. The molecule has 0 aromatic heterocycles. The summed E-state index contributed by atoms with van der Waals surface area (Å²) in [6, 6.07) is 0. The van der Waals surface area contributed by atoms with Gasteiger partial charge in [-0.3, -0.25) is 4.79 Å². The predicted octanol–water partition coefficient (Wildman–Crippen LogP) is 8.98. The second-order valence-electron chi connectivity index (χ2n) is 6.88. The predicted molar refractivity (Wildman–Crippen MR) is 151 cm³/mol. The molecule has 1 saturated carbocycles. The van der Waals surface area contributed by atoms with Crippen LogP contribution < -0.4 is 0 Å². The van der Waals surface area contributed by atoms with Crippen LogP contribution in [0, 0.1) is 5.92 Å². The fourth-order valence-corrected chi connectivity index (χ4v) is 2.83. The highest BCUT2D eigenvalue weighted by atomic mass is 16.4. The van der Waals surface area contributed by atoms with Crippen molar-refractivity contribution in [3.8, 4) is 0 Å². The minimum absolute atomic E-state index is 0.285. The molecule has 3 N–H and O–H groups in total. The van der Waals surface area contributed by atoms with E-state index < -0.39 is 5.97 Å². The second-order valence-corrected chi connectivity index (χ2v) is 6.88. The van der Waals surface area contributed by atoms with Crippen LogP contribution in [0.15, 0.2) is 37.5 Å². The van der Waals surface area contributed by atoms with Crippen LogP contribution in [0.1, 0.15) is 125 Å². The summed E-state index contributed by atoms with van der Waals surface area (Å²) in [6.45, 7) is 22.0. The average Bonchev–Trinajstić information content (AvgIpc) is 3.39. The molecule has 4 nitrogen and oxygen atoms in total. The molecule has 4 heteroatoms. The van der Waals surface area contributed by atoms with E-state index >= 15 is 0 Å². The molecule has 1 aliphatic carbocycles. The third-order valence-corrected chi connectivity index (χ3v) is 4.28. The van der Waals surface area contributed by atoms with Crippen molar-refractivity contribution in [2.75, 3.05) is 14.2 Å². The summed E-state index contributed by atoms with van der Waals surface area (Å²) in [4.78, 5) is 10.0. The van der Waals surface area contributed by atoms with E-state index in [9.17, 15) is 4.79 Å². The van der Waals surface area contributed by atoms with E-state index in [0.717, 1.165) is 45.0 Å². The Kier molecular flexibility index (Phi) is 71.8. The van der Waals surface area contributed by atoms with Crippen LogP contribution in [-0.2, 0) is 4.79 Å². The zero-order valence-corrected chi connectivity index (χ0v) is 23.8. The third kappa shape index (κ3) is 59.0. The van der Waals surface area contributed by atoms with Crippen LogP contribution in [0.3, 0.4) is 0 Å². The Morgan fingerprint density at radius 2 is 1.30 bits per heavy atom. The van der Waals surface area contributed by atoms with Crippen molar-refractivity contribution in [2.45, 2.75) is 125 Å². The molecular weight excluding hydrogens is 412 g/mol. The zero-order valence-electron chi connectivity index (χ0n) is 23.8. The molecular formula is C29H62O4. The topological polar surface area (TPSA) is 77.8 Å². The number of carboxylic acids is 1. The third-order valence-electron chi connectivity index (χ3n) is 4.28. The molecule has 0 unspecified atom stereocenters. The molecule has 202 valence electrons. The minimum atomic E-state index is -0.707. The van der Waals surface area contributed by atoms with Crippen molar-refractivity contribution in [2.24, 2.45) is 5.92 Å². The summed E-state index contributed by atoms with van der Waals surface area (Å²) in [5.41, 5.74) is 1.13. The van der Waals surface area contributed by atoms with E-state index in [1.807, 2.05) is 34.6 Å². The van der Waals surface area contributed by atoms with Crippen molar-refractivity contribution in [1.29, 1.82) is 0 Å². The zero-order chi connectivity index (χ0) is 27.3. The minimum Gasteiger partial charge on any atom is -0.481 e. The number of rotatable bonds is 11. The maximum absolute atomic E-state index is 10.0. The molecule has 0 aromatic carbocycles. The lowest BCUT2D eigenvalue weighted by atomic mass is 10.1. The fourth-order valence-electron chi connectivity index (χ4n) is 2.83. The molecule has 0 amide bonds. The molecule has 0 aliphatic heterocycles. The highest BCUT2D eigenvalue weighted by molar-refractivity contribution is 5.66. The summed E-state index contributed by atoms with van der Waals surface area (Å²) in [6.07, 6.45) is 20.6. The fraction of sp³-hybridized carbons (Fsp3) is 0.759. The summed E-state index contributed by atoms with van der Waals surface area (Å²) >= 11 is 0. The largest absolute Gasteiger partial charge is 0.481 e. The van der Waals surface area contributed by atoms with Gasteiger partial charge in [0.2, 0.25) is 0 Å². The Morgan fingerprint density at radius 3 is 1.70 bits per heavy atom. The van der Waals surface area contributed by atoms with Gasteiger partial charge in [-0.25, -0.2) is 0 Å². The molecule has 1 fully saturated rings. The Bertz CT molecular complexity index is 330. The van der Waals surface area contributed by atoms with E-state index in [0.29, 0.717) is 0 Å². The van der Waals surface area contributed by atoms with Crippen LogP contribution in [-0.4, -0.2) is 35.5 Å². The molecule has 0 aromatic rings. The first-order valence-corrected chi connectivity index (χ1v) is 13.0. The quantitative estimate of drug-likeness (QED) is 0.206. The maximum atomic E-state index is 10.0. The summed E-state index contributed by atoms with van der Waals surface area (Å²) < 4.78 is 0. The van der Waals surface area contributed by atoms with Gasteiger partial charge >= 0.3 is 5.97 Å². The average molecular weight is 475 g/mol. The first-order chi connectivity index (χ1) is 16.1. The van der Waals surface area contributed by atoms with E-state index in [-0.39, 0.29) is 6.42 Å². The Balaban J connectivity index is -0.0000000812. The molecule has 0 spiro atoms. The number of carbonyl (C=O) groups is 1. The lowest BCUT2D eigenvalue weighted by Crippen LogP contribution is -1.93. The van der Waals surface area contributed by atoms with Gasteiger partial charge in [0, 0.05) is 20.6 Å². The molecule has 1 aliphatic rings. The van der Waals surface area contributed by atoms with Crippen molar-refractivity contribution in [3.63, 3.8) is 0 Å². The molecule has 0 radical (unpaired) electrons. The summed E-state index contributed by atoms with van der Waals surface area (Å²) in [5.74, 6) is 0.230. The lowest BCUT2D eigenvalue weighted by Gasteiger charge is -1.99. The van der Waals surface area contributed by atoms with Crippen LogP contribution in [0.25, 0.3) is 0 Å². The molecule has 33 heavy (non-hydrogen) atoms. The van der Waals surface area contributed by atoms with Gasteiger partial charge in [-0.1, -0.05) is 84.4 Å². The van der Waals surface area contributed by atoms with Gasteiger partial charge in [0.05, 0.1) is 0 Å². The van der Waals surface area contributed by atoms with E-state index in [2.05, 4.69) is 38.8 Å². The van der Waals surface area contributed by atoms with Crippen LogP contribution >= 0.6 is 0 Å². The first kappa shape index (κ1) is 45.2. The monoisotopic (exact) mass is 474 g/mol. The van der Waals surface area contributed by atoms with Crippen LogP contribution in [0.5, 0.6) is 0 Å². The van der Waals surface area contributed by atoms with Crippen molar-refractivity contribution < 1.29 is 20.1 Å². The molecule has 1 rings (SSSR count). The Hall–Kier alpha value is -1.39. The molecule has 0 saturated heterocycles. The van der Waals surface area contributed by atoms with Gasteiger partial charge in [-0.05, 0) is 57.8 Å². The molecule has 0 heterocycles. The van der Waals surface area contributed by atoms with Crippen LogP contribution in [0.4, 0.5) is 0 Å². The van der Waals surface area contributed by atoms with Gasteiger partial charge in [0.25, 0.3) is 0 Å². The van der Waals surface area contributed by atoms with Crippen molar-refractivity contribution >= 4 is 5.97 Å². The number of unbranched alkanes of at least 4 members (excludes halogenated alkanes) is 5. The Labute approximate surface area is 208 Å². The molecule has 0 atom stereocenters. The van der Waals surface area contributed by atoms with Crippen molar-refractivity contribution in [3.05, 3.63) is 37.5 Å². The lowest BCUT2D eigenvalue weighted by molar-refractivity contribution is -0.137. The van der Waals surface area contributed by atoms with Gasteiger partial charge in [-0.15, -0.1) is 19.7 Å². The van der Waals surface area contributed by atoms with Gasteiger partial charge in [0.15, 0.2) is 0 Å².